The van der Waals surface area contributed by atoms with Gasteiger partial charge in [0.05, 0.1) is 32.0 Å². The highest BCUT2D eigenvalue weighted by Crippen LogP contribution is 2.30. The Morgan fingerprint density at radius 1 is 0.400 bits per heavy atom. The molecule has 0 spiro atoms. The minimum Gasteiger partial charge on any atom is -0.394 e. The predicted octanol–water partition coefficient (Wildman–Crippen LogP) is 13.2. The van der Waals surface area contributed by atoms with Crippen LogP contribution in [0.3, 0.4) is 0 Å². The molecule has 0 aromatic carbocycles. The van der Waals surface area contributed by atoms with Crippen LogP contribution in [0.5, 0.6) is 0 Å². The molecule has 1 amide bonds. The smallest absolute Gasteiger partial charge is 0.220 e. The van der Waals surface area contributed by atoms with Crippen LogP contribution < -0.4 is 5.32 Å². The van der Waals surface area contributed by atoms with Gasteiger partial charge in [0.2, 0.25) is 5.91 Å². The van der Waals surface area contributed by atoms with Gasteiger partial charge in [-0.15, -0.1) is 0 Å². The van der Waals surface area contributed by atoms with Crippen molar-refractivity contribution in [3.63, 3.8) is 0 Å². The molecule has 0 bridgehead atoms. The monoisotopic (exact) mass is 1140 g/mol. The summed E-state index contributed by atoms with van der Waals surface area (Å²) in [6.07, 6.45) is 44.4. The molecule has 4 unspecified atom stereocenters. The van der Waals surface area contributed by atoms with Gasteiger partial charge in [-0.1, -0.05) is 303 Å². The van der Waals surface area contributed by atoms with E-state index in [1.54, 1.807) is 0 Å². The third kappa shape index (κ3) is 36.7. The van der Waals surface area contributed by atoms with E-state index in [0.717, 1.165) is 51.4 Å². The maximum absolute atomic E-state index is 13.3. The quantitative estimate of drug-likeness (QED) is 0.0259. The number of aliphatic hydroxyl groups is 8. The number of aliphatic hydroxyl groups excluding tert-OH is 8. The second-order valence-corrected chi connectivity index (χ2v) is 24.7. The largest absolute Gasteiger partial charge is 0.394 e. The fraction of sp³-hybridized carbons (Fsp3) is 0.985. The summed E-state index contributed by atoms with van der Waals surface area (Å²) in [6.45, 7) is 2.90. The van der Waals surface area contributed by atoms with E-state index in [1.165, 1.54) is 244 Å². The number of unbranched alkanes of at least 4 members (excludes halogenated alkanes) is 44. The molecule has 14 heteroatoms. The molecule has 0 saturated carbocycles. The number of hydrogen-bond acceptors (Lipinski definition) is 13. The standard InChI is InChI=1S/C66H129NO13/c1-3-5-7-9-11-13-15-17-18-19-20-21-22-23-24-25-26-27-28-29-30-31-32-33-34-35-36-37-38-40-42-44-46-48-50-58(71)67-54(55(70)49-47-45-43-41-39-16-14-12-10-8-6-4-2)53-77-65-63(76)61(74)64(57(52-69)79-65)80-66-62(75)60(73)59(72)56(51-68)78-66/h54-57,59-66,68-70,72-76H,3-53H2,1-2H3,(H,67,71)/t54-,55+,56+,57+,59-,60?,61?,62?,63?,64+,65+,66-/m0/s1. The molecule has 9 N–H and O–H groups in total. The molecule has 2 aliphatic rings. The van der Waals surface area contributed by atoms with Crippen LogP contribution in [0.1, 0.15) is 322 Å². The van der Waals surface area contributed by atoms with Crippen LogP contribution in [-0.4, -0.2) is 140 Å². The van der Waals surface area contributed by atoms with Gasteiger partial charge in [-0.25, -0.2) is 0 Å². The van der Waals surface area contributed by atoms with Gasteiger partial charge in [0, 0.05) is 6.42 Å². The Labute approximate surface area is 489 Å². The van der Waals surface area contributed by atoms with Crippen molar-refractivity contribution in [3.8, 4) is 0 Å². The lowest BCUT2D eigenvalue weighted by Gasteiger charge is -2.46. The molecule has 2 rings (SSSR count). The number of ether oxygens (including phenoxy) is 4. The lowest BCUT2D eigenvalue weighted by atomic mass is 9.97. The molecular formula is C66H129NO13. The first-order valence-electron chi connectivity index (χ1n) is 34.3. The molecule has 0 aromatic heterocycles. The number of nitrogens with one attached hydrogen (secondary N) is 1. The fourth-order valence-corrected chi connectivity index (χ4v) is 11.8. The van der Waals surface area contributed by atoms with E-state index < -0.39 is 86.8 Å². The molecule has 0 radical (unpaired) electrons. The Bertz CT molecular complexity index is 1350. The van der Waals surface area contributed by atoms with Crippen molar-refractivity contribution in [2.24, 2.45) is 0 Å². The van der Waals surface area contributed by atoms with Crippen LogP contribution >= 0.6 is 0 Å². The van der Waals surface area contributed by atoms with E-state index >= 15 is 0 Å². The topological polar surface area (TPSA) is 228 Å². The molecule has 2 fully saturated rings. The van der Waals surface area contributed by atoms with Gasteiger partial charge in [-0.3, -0.25) is 4.79 Å². The molecule has 476 valence electrons. The average Bonchev–Trinajstić information content (AvgIpc) is 3.47. The SMILES string of the molecule is CCCCCCCCCCCCCCCCCCCCCCCCCCCCCCCCCCCCC(=O)N[C@@H](CO[C@@H]1O[C@H](CO)[C@@H](O[C@@H]2O[C@H](CO)[C@H](O)C(O)C2O)C(O)C1O)[C@H](O)CCCCCCCCCCCCCC. The van der Waals surface area contributed by atoms with Crippen molar-refractivity contribution in [2.75, 3.05) is 19.8 Å². The number of carbonyl (C=O) groups is 1. The molecule has 2 saturated heterocycles. The molecular weight excluding hydrogens is 1010 g/mol. The van der Waals surface area contributed by atoms with Crippen LogP contribution in [0, 0.1) is 0 Å². The first kappa shape index (κ1) is 75.1. The van der Waals surface area contributed by atoms with Crippen LogP contribution in [0.25, 0.3) is 0 Å². The van der Waals surface area contributed by atoms with Crippen molar-refractivity contribution in [1.82, 2.24) is 5.32 Å². The van der Waals surface area contributed by atoms with Gasteiger partial charge in [0.1, 0.15) is 48.8 Å². The van der Waals surface area contributed by atoms with Gasteiger partial charge in [0.15, 0.2) is 12.6 Å². The zero-order valence-electron chi connectivity index (χ0n) is 51.6. The lowest BCUT2D eigenvalue weighted by Crippen LogP contribution is -2.65. The van der Waals surface area contributed by atoms with E-state index in [4.69, 9.17) is 18.9 Å². The summed E-state index contributed by atoms with van der Waals surface area (Å²) in [4.78, 5) is 13.3. The number of hydrogen-bond donors (Lipinski definition) is 9. The summed E-state index contributed by atoms with van der Waals surface area (Å²) in [5, 5.41) is 87.3. The van der Waals surface area contributed by atoms with Crippen molar-refractivity contribution >= 4 is 5.91 Å². The molecule has 80 heavy (non-hydrogen) atoms. The van der Waals surface area contributed by atoms with Gasteiger partial charge in [-0.05, 0) is 12.8 Å². The lowest BCUT2D eigenvalue weighted by molar-refractivity contribution is -0.359. The van der Waals surface area contributed by atoms with E-state index in [2.05, 4.69) is 19.2 Å². The normalized spacial score (nSPS) is 24.1. The molecule has 14 nitrogen and oxygen atoms in total. The van der Waals surface area contributed by atoms with E-state index in [-0.39, 0.29) is 12.5 Å². The van der Waals surface area contributed by atoms with Crippen molar-refractivity contribution in [2.45, 2.75) is 396 Å². The van der Waals surface area contributed by atoms with Crippen LogP contribution in [0.15, 0.2) is 0 Å². The van der Waals surface area contributed by atoms with Crippen molar-refractivity contribution in [3.05, 3.63) is 0 Å². The second kappa shape index (κ2) is 52.3. The van der Waals surface area contributed by atoms with Crippen LogP contribution in [0.4, 0.5) is 0 Å². The highest BCUT2D eigenvalue weighted by molar-refractivity contribution is 5.76. The Morgan fingerprint density at radius 2 is 0.713 bits per heavy atom. The molecule has 0 aliphatic carbocycles. The first-order chi connectivity index (χ1) is 39.1. The third-order valence-corrected chi connectivity index (χ3v) is 17.3. The average molecular weight is 1140 g/mol. The van der Waals surface area contributed by atoms with E-state index in [0.29, 0.717) is 12.8 Å². The second-order valence-electron chi connectivity index (χ2n) is 24.7. The van der Waals surface area contributed by atoms with Crippen molar-refractivity contribution in [1.29, 1.82) is 0 Å². The highest BCUT2D eigenvalue weighted by atomic mass is 16.7. The number of rotatable bonds is 57. The Balaban J connectivity index is 1.57. The zero-order chi connectivity index (χ0) is 58.1. The van der Waals surface area contributed by atoms with Crippen LogP contribution in [0.2, 0.25) is 0 Å². The minimum absolute atomic E-state index is 0.199. The molecule has 0 aromatic rings. The maximum atomic E-state index is 13.3. The summed E-state index contributed by atoms with van der Waals surface area (Å²) < 4.78 is 22.8. The number of carbonyl (C=O) groups excluding carboxylic acids is 1. The maximum Gasteiger partial charge on any atom is 0.220 e. The van der Waals surface area contributed by atoms with Crippen LogP contribution in [-0.2, 0) is 23.7 Å². The minimum atomic E-state index is -1.78. The van der Waals surface area contributed by atoms with E-state index in [1.807, 2.05) is 0 Å². The molecule has 2 heterocycles. The zero-order valence-corrected chi connectivity index (χ0v) is 51.6. The summed E-state index contributed by atoms with van der Waals surface area (Å²) in [5.41, 5.74) is 0. The highest BCUT2D eigenvalue weighted by Gasteiger charge is 2.51. The Hall–Kier alpha value is -1.01. The summed E-state index contributed by atoms with van der Waals surface area (Å²) in [7, 11) is 0. The molecule has 12 atom stereocenters. The Kier molecular flexibility index (Phi) is 49.1. The van der Waals surface area contributed by atoms with Gasteiger partial charge < -0.3 is 65.1 Å². The third-order valence-electron chi connectivity index (χ3n) is 17.3. The summed E-state index contributed by atoms with van der Waals surface area (Å²) in [5.74, 6) is -0.199. The molecule has 2 aliphatic heterocycles. The van der Waals surface area contributed by atoms with Crippen molar-refractivity contribution < 1.29 is 64.6 Å². The van der Waals surface area contributed by atoms with Gasteiger partial charge in [-0.2, -0.15) is 0 Å². The van der Waals surface area contributed by atoms with Gasteiger partial charge >= 0.3 is 0 Å². The number of amides is 1. The van der Waals surface area contributed by atoms with E-state index in [9.17, 15) is 45.6 Å². The Morgan fingerprint density at radius 3 is 1.06 bits per heavy atom. The van der Waals surface area contributed by atoms with Gasteiger partial charge in [0.25, 0.3) is 0 Å². The first-order valence-corrected chi connectivity index (χ1v) is 34.3. The predicted molar refractivity (Wildman–Crippen MR) is 323 cm³/mol. The summed E-state index contributed by atoms with van der Waals surface area (Å²) in [6, 6.07) is -0.822. The fourth-order valence-electron chi connectivity index (χ4n) is 11.8. The summed E-state index contributed by atoms with van der Waals surface area (Å²) >= 11 is 0.